The zero-order valence-corrected chi connectivity index (χ0v) is 15.7. The van der Waals surface area contributed by atoms with Gasteiger partial charge in [-0.25, -0.2) is 0 Å². The van der Waals surface area contributed by atoms with Crippen LogP contribution < -0.4 is 5.32 Å². The van der Waals surface area contributed by atoms with Gasteiger partial charge in [0.1, 0.15) is 0 Å². The second-order valence-electron chi connectivity index (χ2n) is 7.52. The molecule has 6 nitrogen and oxygen atoms in total. The molecule has 144 valence electrons. The van der Waals surface area contributed by atoms with E-state index in [1.807, 2.05) is 12.1 Å². The molecule has 1 saturated heterocycles. The predicted octanol–water partition coefficient (Wildman–Crippen LogP) is 1.85. The number of rotatable bonds is 5. The van der Waals surface area contributed by atoms with Crippen LogP contribution in [0.1, 0.15) is 24.1 Å². The predicted molar refractivity (Wildman–Crippen MR) is 103 cm³/mol. The topological polar surface area (TPSA) is 59.4 Å². The molecule has 2 aromatic rings. The van der Waals surface area contributed by atoms with Crippen molar-refractivity contribution in [2.75, 3.05) is 26.3 Å². The summed E-state index contributed by atoms with van der Waals surface area (Å²) in [6.45, 7) is 4.79. The van der Waals surface area contributed by atoms with Crippen LogP contribution in [-0.4, -0.2) is 52.7 Å². The van der Waals surface area contributed by atoms with E-state index in [2.05, 4.69) is 38.1 Å². The number of hydrogen-bond acceptors (Lipinski definition) is 4. The molecule has 0 bridgehead atoms. The summed E-state index contributed by atoms with van der Waals surface area (Å²) in [7, 11) is 0. The van der Waals surface area contributed by atoms with Crippen molar-refractivity contribution in [3.05, 3.63) is 54.1 Å². The van der Waals surface area contributed by atoms with E-state index in [0.29, 0.717) is 12.6 Å². The van der Waals surface area contributed by atoms with Gasteiger partial charge in [0.15, 0.2) is 0 Å². The Bertz CT molecular complexity index is 740. The second kappa shape index (κ2) is 8.67. The van der Waals surface area contributed by atoms with E-state index < -0.39 is 0 Å². The average molecular weight is 368 g/mol. The summed E-state index contributed by atoms with van der Waals surface area (Å²) >= 11 is 0. The number of pyridine rings is 1. The van der Waals surface area contributed by atoms with Gasteiger partial charge in [0, 0.05) is 69.7 Å². The molecule has 2 aromatic heterocycles. The summed E-state index contributed by atoms with van der Waals surface area (Å²) in [5.74, 6) is 0.126. The highest BCUT2D eigenvalue weighted by atomic mass is 16.5. The van der Waals surface area contributed by atoms with Gasteiger partial charge < -0.3 is 14.6 Å². The molecule has 0 aromatic carbocycles. The molecule has 4 heterocycles. The summed E-state index contributed by atoms with van der Waals surface area (Å²) in [4.78, 5) is 19.4. The van der Waals surface area contributed by atoms with Gasteiger partial charge >= 0.3 is 0 Å². The summed E-state index contributed by atoms with van der Waals surface area (Å²) in [5, 5.41) is 3.15. The summed E-state index contributed by atoms with van der Waals surface area (Å²) in [6, 6.07) is 8.76. The number of fused-ring (bicyclic) bond motifs is 1. The lowest BCUT2D eigenvalue weighted by Crippen LogP contribution is -2.44. The minimum Gasteiger partial charge on any atom is -0.381 e. The molecule has 27 heavy (non-hydrogen) atoms. The van der Waals surface area contributed by atoms with Gasteiger partial charge in [-0.2, -0.15) is 0 Å². The van der Waals surface area contributed by atoms with Crippen LogP contribution in [0.5, 0.6) is 0 Å². The van der Waals surface area contributed by atoms with Crippen LogP contribution in [-0.2, 0) is 29.0 Å². The minimum atomic E-state index is -0.0288. The fraction of sp³-hybridized carbons (Fsp3) is 0.524. The van der Waals surface area contributed by atoms with Gasteiger partial charge in [-0.05, 0) is 49.1 Å². The zero-order chi connectivity index (χ0) is 18.5. The third-order valence-electron chi connectivity index (χ3n) is 5.70. The van der Waals surface area contributed by atoms with Gasteiger partial charge in [-0.15, -0.1) is 0 Å². The van der Waals surface area contributed by atoms with Crippen LogP contribution in [0.2, 0.25) is 0 Å². The molecule has 0 spiro atoms. The van der Waals surface area contributed by atoms with E-state index in [4.69, 9.17) is 4.74 Å². The number of ether oxygens (including phenoxy) is 1. The smallest absolute Gasteiger partial charge is 0.226 e. The quantitative estimate of drug-likeness (QED) is 0.875. The van der Waals surface area contributed by atoms with Crippen molar-refractivity contribution in [2.24, 2.45) is 5.92 Å². The van der Waals surface area contributed by atoms with Gasteiger partial charge in [-0.1, -0.05) is 0 Å². The Balaban J connectivity index is 1.40. The zero-order valence-electron chi connectivity index (χ0n) is 15.7. The first-order valence-corrected chi connectivity index (χ1v) is 9.92. The van der Waals surface area contributed by atoms with Crippen molar-refractivity contribution in [2.45, 2.75) is 38.4 Å². The van der Waals surface area contributed by atoms with Crippen molar-refractivity contribution >= 4 is 5.91 Å². The largest absolute Gasteiger partial charge is 0.381 e. The van der Waals surface area contributed by atoms with E-state index in [-0.39, 0.29) is 11.8 Å². The molecule has 2 aliphatic heterocycles. The fourth-order valence-electron chi connectivity index (χ4n) is 4.14. The normalized spacial score (nSPS) is 21.4. The van der Waals surface area contributed by atoms with E-state index in [1.54, 1.807) is 12.4 Å². The van der Waals surface area contributed by atoms with Gasteiger partial charge in [0.2, 0.25) is 5.91 Å². The SMILES string of the molecule is O=C(NCCc1ccncc1)C1CN(C2CCOCC2)Cc2cccn2C1. The third kappa shape index (κ3) is 4.57. The van der Waals surface area contributed by atoms with Crippen LogP contribution >= 0.6 is 0 Å². The highest BCUT2D eigenvalue weighted by Gasteiger charge is 2.31. The Morgan fingerprint density at radius 3 is 2.81 bits per heavy atom. The van der Waals surface area contributed by atoms with Crippen molar-refractivity contribution in [1.82, 2.24) is 19.8 Å². The molecule has 1 fully saturated rings. The molecule has 0 radical (unpaired) electrons. The van der Waals surface area contributed by atoms with E-state index in [9.17, 15) is 4.79 Å². The molecule has 6 heteroatoms. The lowest BCUT2D eigenvalue weighted by atomic mass is 10.0. The number of nitrogens with one attached hydrogen (secondary N) is 1. The molecular formula is C21H28N4O2. The molecule has 1 unspecified atom stereocenters. The molecule has 1 atom stereocenters. The van der Waals surface area contributed by atoms with E-state index in [0.717, 1.165) is 52.1 Å². The Kier molecular flexibility index (Phi) is 5.84. The highest BCUT2D eigenvalue weighted by molar-refractivity contribution is 5.78. The number of aromatic nitrogens is 2. The lowest BCUT2D eigenvalue weighted by Gasteiger charge is -2.34. The molecule has 1 N–H and O–H groups in total. The maximum Gasteiger partial charge on any atom is 0.226 e. The summed E-state index contributed by atoms with van der Waals surface area (Å²) in [6.07, 6.45) is 8.62. The van der Waals surface area contributed by atoms with E-state index in [1.165, 1.54) is 11.3 Å². The molecule has 1 amide bonds. The first kappa shape index (κ1) is 18.2. The van der Waals surface area contributed by atoms with Crippen molar-refractivity contribution < 1.29 is 9.53 Å². The monoisotopic (exact) mass is 368 g/mol. The summed E-state index contributed by atoms with van der Waals surface area (Å²) < 4.78 is 7.77. The second-order valence-corrected chi connectivity index (χ2v) is 7.52. The van der Waals surface area contributed by atoms with Crippen molar-refractivity contribution in [3.8, 4) is 0 Å². The first-order valence-electron chi connectivity index (χ1n) is 9.92. The molecule has 0 saturated carbocycles. The Labute approximate surface area is 160 Å². The highest BCUT2D eigenvalue weighted by Crippen LogP contribution is 2.23. The standard InChI is InChI=1S/C21H28N4O2/c26-21(23-10-5-17-3-8-22-9-4-17)18-14-24-11-1-2-20(24)16-25(15-18)19-6-12-27-13-7-19/h1-4,8-9,11,18-19H,5-7,10,12-16H2,(H,23,26). The maximum absolute atomic E-state index is 12.9. The van der Waals surface area contributed by atoms with Gasteiger partial charge in [-0.3, -0.25) is 14.7 Å². The molecule has 0 aliphatic carbocycles. The molecule has 2 aliphatic rings. The number of carbonyl (C=O) groups is 1. The van der Waals surface area contributed by atoms with Gasteiger partial charge in [0.05, 0.1) is 5.92 Å². The Hall–Kier alpha value is -2.18. The average Bonchev–Trinajstić information content (AvgIpc) is 3.06. The third-order valence-corrected chi connectivity index (χ3v) is 5.70. The first-order chi connectivity index (χ1) is 13.3. The van der Waals surface area contributed by atoms with Crippen LogP contribution in [0.15, 0.2) is 42.9 Å². The lowest BCUT2D eigenvalue weighted by molar-refractivity contribution is -0.126. The molecule has 4 rings (SSSR count). The van der Waals surface area contributed by atoms with Crippen LogP contribution in [0, 0.1) is 5.92 Å². The maximum atomic E-state index is 12.9. The van der Waals surface area contributed by atoms with E-state index >= 15 is 0 Å². The van der Waals surface area contributed by atoms with Crippen molar-refractivity contribution in [1.29, 1.82) is 0 Å². The van der Waals surface area contributed by atoms with Gasteiger partial charge in [0.25, 0.3) is 0 Å². The van der Waals surface area contributed by atoms with Crippen LogP contribution in [0.25, 0.3) is 0 Å². The number of nitrogens with zero attached hydrogens (tertiary/aromatic N) is 3. The fourth-order valence-corrected chi connectivity index (χ4v) is 4.14. The number of carbonyl (C=O) groups excluding carboxylic acids is 1. The number of hydrogen-bond donors (Lipinski definition) is 1. The number of amides is 1. The van der Waals surface area contributed by atoms with Crippen LogP contribution in [0.4, 0.5) is 0 Å². The Morgan fingerprint density at radius 1 is 1.19 bits per heavy atom. The van der Waals surface area contributed by atoms with Crippen LogP contribution in [0.3, 0.4) is 0 Å². The van der Waals surface area contributed by atoms with Crippen molar-refractivity contribution in [3.63, 3.8) is 0 Å². The minimum absolute atomic E-state index is 0.0288. The summed E-state index contributed by atoms with van der Waals surface area (Å²) in [5.41, 5.74) is 2.50. The Morgan fingerprint density at radius 2 is 2.00 bits per heavy atom. The molecular weight excluding hydrogens is 340 g/mol.